The van der Waals surface area contributed by atoms with E-state index < -0.39 is 0 Å². The van der Waals surface area contributed by atoms with Gasteiger partial charge in [0.1, 0.15) is 27.9 Å². The van der Waals surface area contributed by atoms with Crippen LogP contribution in [0.5, 0.6) is 11.6 Å². The van der Waals surface area contributed by atoms with Crippen molar-refractivity contribution >= 4 is 52.2 Å². The Balaban J connectivity index is 1.73. The zero-order valence-corrected chi connectivity index (χ0v) is 17.3. The van der Waals surface area contributed by atoms with Crippen LogP contribution in [0, 0.1) is 6.92 Å². The third-order valence-electron chi connectivity index (χ3n) is 3.77. The second-order valence-electron chi connectivity index (χ2n) is 5.71. The number of pyridine rings is 1. The molecule has 2 heterocycles. The van der Waals surface area contributed by atoms with Crippen LogP contribution in [0.3, 0.4) is 0 Å². The van der Waals surface area contributed by atoms with E-state index in [4.69, 9.17) is 51.1 Å². The predicted molar refractivity (Wildman–Crippen MR) is 110 cm³/mol. The zero-order valence-electron chi connectivity index (χ0n) is 14.3. The van der Waals surface area contributed by atoms with Crippen molar-refractivity contribution in [2.75, 3.05) is 5.32 Å². The molecule has 0 aliphatic heterocycles. The summed E-state index contributed by atoms with van der Waals surface area (Å²) in [5.74, 6) is 1.34. The smallest absolute Gasteiger partial charge is 0.239 e. The van der Waals surface area contributed by atoms with Crippen molar-refractivity contribution in [2.45, 2.75) is 19.9 Å². The summed E-state index contributed by atoms with van der Waals surface area (Å²) in [5.41, 5.74) is 1.74. The first-order chi connectivity index (χ1) is 12.8. The first-order valence-electron chi connectivity index (χ1n) is 7.88. The number of rotatable bonds is 5. The summed E-state index contributed by atoms with van der Waals surface area (Å²) < 4.78 is 5.68. The quantitative estimate of drug-likeness (QED) is 0.441. The van der Waals surface area contributed by atoms with E-state index in [9.17, 15) is 0 Å². The normalized spacial score (nSPS) is 11.9. The Hall–Kier alpha value is -1.79. The van der Waals surface area contributed by atoms with Crippen molar-refractivity contribution in [2.24, 2.45) is 0 Å². The van der Waals surface area contributed by atoms with Crippen molar-refractivity contribution in [3.63, 3.8) is 0 Å². The van der Waals surface area contributed by atoms with E-state index >= 15 is 0 Å². The first kappa shape index (κ1) is 20.0. The molecule has 5 nitrogen and oxygen atoms in total. The van der Waals surface area contributed by atoms with Gasteiger partial charge in [-0.1, -0.05) is 58.5 Å². The summed E-state index contributed by atoms with van der Waals surface area (Å²) in [6, 6.07) is 8.90. The van der Waals surface area contributed by atoms with E-state index in [0.717, 1.165) is 11.3 Å². The fourth-order valence-corrected chi connectivity index (χ4v) is 2.96. The zero-order chi connectivity index (χ0) is 19.6. The van der Waals surface area contributed by atoms with Crippen molar-refractivity contribution in [1.29, 1.82) is 0 Å². The molecule has 2 aromatic heterocycles. The maximum Gasteiger partial charge on any atom is 0.239 e. The van der Waals surface area contributed by atoms with Gasteiger partial charge < -0.3 is 10.1 Å². The average Bonchev–Trinajstić information content (AvgIpc) is 2.64. The minimum Gasteiger partial charge on any atom is -0.437 e. The van der Waals surface area contributed by atoms with Crippen LogP contribution in [0.4, 0.5) is 5.82 Å². The number of aryl methyl sites for hydroxylation is 1. The largest absolute Gasteiger partial charge is 0.437 e. The topological polar surface area (TPSA) is 59.9 Å². The number of nitrogens with zero attached hydrogens (tertiary/aromatic N) is 3. The molecule has 0 spiro atoms. The molecular weight excluding hydrogens is 430 g/mol. The van der Waals surface area contributed by atoms with Gasteiger partial charge in [0.15, 0.2) is 5.15 Å². The van der Waals surface area contributed by atoms with Crippen molar-refractivity contribution in [3.05, 3.63) is 68.1 Å². The SMILES string of the molecule is Cc1ncnc(NC(C)c2ccc(Oc3nc(Cl)c(Cl)cc3Cl)cc2)c1Cl. The van der Waals surface area contributed by atoms with Gasteiger partial charge in [-0.25, -0.2) is 9.97 Å². The third-order valence-corrected chi connectivity index (χ3v) is 5.16. The van der Waals surface area contributed by atoms with Crippen LogP contribution >= 0.6 is 46.4 Å². The van der Waals surface area contributed by atoms with Gasteiger partial charge >= 0.3 is 0 Å². The summed E-state index contributed by atoms with van der Waals surface area (Å²) in [7, 11) is 0. The number of anilines is 1. The van der Waals surface area contributed by atoms with Gasteiger partial charge in [0.2, 0.25) is 5.88 Å². The summed E-state index contributed by atoms with van der Waals surface area (Å²) in [6.45, 7) is 3.83. The van der Waals surface area contributed by atoms with Crippen LogP contribution < -0.4 is 10.1 Å². The Morgan fingerprint density at radius 1 is 1.00 bits per heavy atom. The van der Waals surface area contributed by atoms with Gasteiger partial charge in [0.05, 0.1) is 10.7 Å². The van der Waals surface area contributed by atoms with E-state index in [1.54, 1.807) is 12.1 Å². The molecule has 0 radical (unpaired) electrons. The highest BCUT2D eigenvalue weighted by molar-refractivity contribution is 6.42. The Bertz CT molecular complexity index is 966. The van der Waals surface area contributed by atoms with Gasteiger partial charge in [-0.15, -0.1) is 0 Å². The Morgan fingerprint density at radius 2 is 1.70 bits per heavy atom. The maximum absolute atomic E-state index is 6.23. The average molecular weight is 444 g/mol. The third kappa shape index (κ3) is 4.74. The van der Waals surface area contributed by atoms with E-state index in [1.807, 2.05) is 26.0 Å². The lowest BCUT2D eigenvalue weighted by Gasteiger charge is -2.16. The number of hydrogen-bond donors (Lipinski definition) is 1. The molecule has 27 heavy (non-hydrogen) atoms. The van der Waals surface area contributed by atoms with Gasteiger partial charge in [-0.3, -0.25) is 0 Å². The molecule has 1 unspecified atom stereocenters. The van der Waals surface area contributed by atoms with Gasteiger partial charge in [-0.2, -0.15) is 4.98 Å². The van der Waals surface area contributed by atoms with Crippen LogP contribution in [0.2, 0.25) is 20.2 Å². The second kappa shape index (κ2) is 8.48. The number of nitrogens with one attached hydrogen (secondary N) is 1. The van der Waals surface area contributed by atoms with Gasteiger partial charge in [0, 0.05) is 6.04 Å². The Labute approximate surface area is 176 Å². The number of benzene rings is 1. The summed E-state index contributed by atoms with van der Waals surface area (Å²) in [4.78, 5) is 12.3. The number of ether oxygens (including phenoxy) is 1. The molecule has 3 aromatic rings. The van der Waals surface area contributed by atoms with E-state index in [0.29, 0.717) is 16.6 Å². The fraction of sp³-hybridized carbons (Fsp3) is 0.167. The molecule has 0 bridgehead atoms. The Morgan fingerprint density at radius 3 is 2.41 bits per heavy atom. The van der Waals surface area contributed by atoms with Crippen LogP contribution in [-0.2, 0) is 0 Å². The van der Waals surface area contributed by atoms with Crippen LogP contribution in [0.15, 0.2) is 36.7 Å². The molecule has 0 aliphatic carbocycles. The fourth-order valence-electron chi connectivity index (χ4n) is 2.28. The summed E-state index contributed by atoms with van der Waals surface area (Å²) >= 11 is 24.1. The highest BCUT2D eigenvalue weighted by atomic mass is 35.5. The second-order valence-corrected chi connectivity index (χ2v) is 7.26. The highest BCUT2D eigenvalue weighted by Gasteiger charge is 2.13. The van der Waals surface area contributed by atoms with Gasteiger partial charge in [0.25, 0.3) is 0 Å². The molecule has 140 valence electrons. The van der Waals surface area contributed by atoms with Crippen LogP contribution in [0.25, 0.3) is 0 Å². The molecular formula is C18H14Cl4N4O. The molecule has 0 aliphatic rings. The number of halogens is 4. The van der Waals surface area contributed by atoms with Crippen LogP contribution in [0.1, 0.15) is 24.2 Å². The molecule has 9 heteroatoms. The molecule has 0 amide bonds. The molecule has 3 rings (SSSR count). The Kier molecular flexibility index (Phi) is 6.27. The molecule has 1 N–H and O–H groups in total. The lowest BCUT2D eigenvalue weighted by atomic mass is 10.1. The maximum atomic E-state index is 6.23. The molecule has 0 saturated heterocycles. The molecule has 1 atom stereocenters. The van der Waals surface area contributed by atoms with Crippen molar-refractivity contribution in [3.8, 4) is 11.6 Å². The molecule has 0 saturated carbocycles. The predicted octanol–water partition coefficient (Wildman–Crippen LogP) is 6.76. The van der Waals surface area contributed by atoms with Gasteiger partial charge in [-0.05, 0) is 37.6 Å². The minimum absolute atomic E-state index is 0.0301. The standard InChI is InChI=1S/C18H14Cl4N4O/c1-9(25-17-15(21)10(2)23-8-24-17)11-3-5-12(6-4-11)27-18-14(20)7-13(19)16(22)26-18/h3-9H,1-2H3,(H,23,24,25). The monoisotopic (exact) mass is 442 g/mol. The van der Waals surface area contributed by atoms with E-state index in [2.05, 4.69) is 20.3 Å². The minimum atomic E-state index is -0.0301. The lowest BCUT2D eigenvalue weighted by Crippen LogP contribution is -2.09. The highest BCUT2D eigenvalue weighted by Crippen LogP contribution is 2.33. The molecule has 1 aromatic carbocycles. The van der Waals surface area contributed by atoms with Crippen molar-refractivity contribution < 1.29 is 4.74 Å². The molecule has 0 fully saturated rings. The van der Waals surface area contributed by atoms with E-state index in [-0.39, 0.29) is 27.1 Å². The number of aromatic nitrogens is 3. The lowest BCUT2D eigenvalue weighted by molar-refractivity contribution is 0.463. The number of hydrogen-bond acceptors (Lipinski definition) is 5. The van der Waals surface area contributed by atoms with Crippen molar-refractivity contribution in [1.82, 2.24) is 15.0 Å². The first-order valence-corrected chi connectivity index (χ1v) is 9.39. The van der Waals surface area contributed by atoms with Crippen LogP contribution in [-0.4, -0.2) is 15.0 Å². The van der Waals surface area contributed by atoms with E-state index in [1.165, 1.54) is 12.4 Å². The summed E-state index contributed by atoms with van der Waals surface area (Å²) in [6.07, 6.45) is 1.47. The summed E-state index contributed by atoms with van der Waals surface area (Å²) in [5, 5.41) is 4.44.